The number of carbonyl (C=O) groups excluding carboxylic acids is 2. The van der Waals surface area contributed by atoms with Crippen LogP contribution < -0.4 is 5.32 Å². The Morgan fingerprint density at radius 1 is 1.38 bits per heavy atom. The van der Waals surface area contributed by atoms with Gasteiger partial charge in [0.1, 0.15) is 30.3 Å². The number of urea groups is 1. The number of aliphatic imine (C=N–C) groups is 1. The number of nitrogens with zero attached hydrogens (tertiary/aromatic N) is 1. The van der Waals surface area contributed by atoms with Gasteiger partial charge in [0.2, 0.25) is 5.91 Å². The Balaban J connectivity index is 2.06. The molecule has 2 rings (SSSR count). The second-order valence-electron chi connectivity index (χ2n) is 4.51. The van der Waals surface area contributed by atoms with E-state index in [-0.39, 0.29) is 0 Å². The van der Waals surface area contributed by atoms with Crippen molar-refractivity contribution in [2.75, 3.05) is 6.61 Å². The summed E-state index contributed by atoms with van der Waals surface area (Å²) in [5.41, 5.74) is 0. The fraction of sp³-hybridized carbons (Fsp3) is 0.667. The second kappa shape index (κ2) is 6.15. The molecule has 10 nitrogen and oxygen atoms in total. The van der Waals surface area contributed by atoms with Crippen LogP contribution in [0.15, 0.2) is 4.99 Å². The second-order valence-corrected chi connectivity index (χ2v) is 7.17. The van der Waals surface area contributed by atoms with Gasteiger partial charge in [-0.05, 0) is 11.8 Å². The van der Waals surface area contributed by atoms with Gasteiger partial charge in [-0.25, -0.2) is 9.79 Å². The maximum absolute atomic E-state index is 11.6. The number of aliphatic hydroxyl groups excluding tert-OH is 2. The predicted octanol–water partition coefficient (Wildman–Crippen LogP) is -2.36. The first-order chi connectivity index (χ1) is 9.69. The minimum Gasteiger partial charge on any atom is -0.388 e. The van der Waals surface area contributed by atoms with E-state index in [0.29, 0.717) is 0 Å². The summed E-state index contributed by atoms with van der Waals surface area (Å²) in [7, 11) is 0. The third kappa shape index (κ3) is 3.90. The summed E-state index contributed by atoms with van der Waals surface area (Å²) in [5, 5.41) is 21.6. The van der Waals surface area contributed by atoms with Gasteiger partial charge in [0.15, 0.2) is 0 Å². The highest BCUT2D eigenvalue weighted by molar-refractivity contribution is 8.06. The maximum Gasteiger partial charge on any atom is 0.347 e. The quantitative estimate of drug-likeness (QED) is 0.353. The minimum absolute atomic E-state index is 0.469. The van der Waals surface area contributed by atoms with Crippen LogP contribution in [0.2, 0.25) is 0 Å². The summed E-state index contributed by atoms with van der Waals surface area (Å²) >= 11 is 4.25. The van der Waals surface area contributed by atoms with Crippen LogP contribution in [0.4, 0.5) is 4.79 Å². The van der Waals surface area contributed by atoms with Crippen molar-refractivity contribution in [2.45, 2.75) is 24.4 Å². The number of hydrogen-bond acceptors (Lipinski definition) is 7. The lowest BCUT2D eigenvalue weighted by Crippen LogP contribution is -2.48. The van der Waals surface area contributed by atoms with Gasteiger partial charge >= 0.3 is 12.7 Å². The molecular weight excluding hydrogens is 327 g/mol. The molecule has 5 N–H and O–H groups in total. The first-order valence-electron chi connectivity index (χ1n) is 5.80. The number of nitrogens with one attached hydrogen (secondary N) is 1. The first kappa shape index (κ1) is 16.6. The zero-order chi connectivity index (χ0) is 15.8. The monoisotopic (exact) mass is 340 g/mol. The molecule has 2 heterocycles. The third-order valence-corrected chi connectivity index (χ3v) is 3.85. The number of hydrogen-bond donors (Lipinski definition) is 5. The van der Waals surface area contributed by atoms with E-state index in [9.17, 15) is 19.8 Å². The average Bonchev–Trinajstić information content (AvgIpc) is 2.64. The molecule has 2 aliphatic heterocycles. The van der Waals surface area contributed by atoms with Crippen molar-refractivity contribution >= 4 is 36.7 Å². The van der Waals surface area contributed by atoms with Crippen molar-refractivity contribution in [2.24, 2.45) is 10.9 Å². The zero-order valence-corrected chi connectivity index (χ0v) is 12.1. The van der Waals surface area contributed by atoms with Gasteiger partial charge in [-0.3, -0.25) is 10.1 Å². The number of rotatable bonds is 4. The number of aliphatic hydroxyl groups is 2. The fourth-order valence-electron chi connectivity index (χ4n) is 2.05. The summed E-state index contributed by atoms with van der Waals surface area (Å²) < 4.78 is 9.85. The zero-order valence-electron chi connectivity index (χ0n) is 10.4. The van der Waals surface area contributed by atoms with Crippen LogP contribution in [-0.4, -0.2) is 69.2 Å². The summed E-state index contributed by atoms with van der Waals surface area (Å²) in [6.45, 7) is -4.40. The molecule has 5 atom stereocenters. The number of ether oxygens (including phenoxy) is 1. The SMILES string of the molecule is O=C1N=CC([C@@H]2O[C@H](COP(O)(O)=S)C(O)[C@@H]2O)C(=O)N1. The predicted molar refractivity (Wildman–Crippen MR) is 70.9 cm³/mol. The Labute approximate surface area is 123 Å². The van der Waals surface area contributed by atoms with E-state index >= 15 is 0 Å². The molecule has 1 fully saturated rings. The van der Waals surface area contributed by atoms with Crippen LogP contribution in [0.1, 0.15) is 0 Å². The molecular formula is C9H13N2O8PS. The topological polar surface area (TPSA) is 158 Å². The Kier molecular flexibility index (Phi) is 4.85. The highest BCUT2D eigenvalue weighted by Gasteiger charge is 2.49. The van der Waals surface area contributed by atoms with Crippen molar-refractivity contribution < 1.29 is 38.8 Å². The van der Waals surface area contributed by atoms with Crippen LogP contribution in [-0.2, 0) is 25.9 Å². The van der Waals surface area contributed by atoms with E-state index in [0.717, 1.165) is 6.21 Å². The Morgan fingerprint density at radius 3 is 2.62 bits per heavy atom. The van der Waals surface area contributed by atoms with Gasteiger partial charge in [0.25, 0.3) is 0 Å². The largest absolute Gasteiger partial charge is 0.388 e. The van der Waals surface area contributed by atoms with Crippen molar-refractivity contribution in [3.63, 3.8) is 0 Å². The van der Waals surface area contributed by atoms with Crippen LogP contribution in [0, 0.1) is 5.92 Å². The molecule has 2 unspecified atom stereocenters. The number of carbonyl (C=O) groups is 2. The minimum atomic E-state index is -3.93. The number of imide groups is 1. The lowest BCUT2D eigenvalue weighted by atomic mass is 9.95. The molecule has 12 heteroatoms. The molecule has 0 saturated carbocycles. The van der Waals surface area contributed by atoms with E-state index in [4.69, 9.17) is 14.5 Å². The highest BCUT2D eigenvalue weighted by atomic mass is 32.5. The standard InChI is InChI=1S/C9H13N2O8PS/c12-5-4(2-18-20(16,17)21)19-7(6(5)13)3-1-10-9(15)11-8(3)14/h1,3-7,12-13H,2H2,(H,11,14,15)(H2,16,17,21)/t3?,4-,5?,6+,7+/m1/s1. The van der Waals surface area contributed by atoms with E-state index in [1.165, 1.54) is 0 Å². The summed E-state index contributed by atoms with van der Waals surface area (Å²) in [6.07, 6.45) is -4.10. The van der Waals surface area contributed by atoms with Gasteiger partial charge in [-0.2, -0.15) is 0 Å². The lowest BCUT2D eigenvalue weighted by Gasteiger charge is -2.23. The van der Waals surface area contributed by atoms with Gasteiger partial charge in [0, 0.05) is 6.21 Å². The highest BCUT2D eigenvalue weighted by Crippen LogP contribution is 2.38. The summed E-state index contributed by atoms with van der Waals surface area (Å²) in [5.74, 6) is -1.79. The molecule has 2 aliphatic rings. The van der Waals surface area contributed by atoms with Gasteiger partial charge in [0.05, 0.1) is 6.61 Å². The van der Waals surface area contributed by atoms with Gasteiger partial charge in [-0.15, -0.1) is 0 Å². The summed E-state index contributed by atoms with van der Waals surface area (Å²) in [6, 6.07) is -0.828. The Hall–Kier alpha value is -0.780. The van der Waals surface area contributed by atoms with E-state index < -0.39 is 55.6 Å². The van der Waals surface area contributed by atoms with Crippen molar-refractivity contribution in [1.82, 2.24) is 5.32 Å². The molecule has 1 saturated heterocycles. The molecule has 0 aromatic rings. The van der Waals surface area contributed by atoms with Crippen LogP contribution >= 0.6 is 6.72 Å². The third-order valence-electron chi connectivity index (χ3n) is 3.05. The first-order valence-corrected chi connectivity index (χ1v) is 8.42. The molecule has 3 amide bonds. The molecule has 0 spiro atoms. The normalized spacial score (nSPS) is 36.9. The maximum atomic E-state index is 11.6. The molecule has 118 valence electrons. The summed E-state index contributed by atoms with van der Waals surface area (Å²) in [4.78, 5) is 43.8. The smallest absolute Gasteiger partial charge is 0.347 e. The van der Waals surface area contributed by atoms with Crippen molar-refractivity contribution in [3.8, 4) is 0 Å². The lowest BCUT2D eigenvalue weighted by molar-refractivity contribution is -0.127. The van der Waals surface area contributed by atoms with Gasteiger partial charge in [-0.1, -0.05) is 0 Å². The molecule has 0 bridgehead atoms. The number of amides is 3. The van der Waals surface area contributed by atoms with E-state index in [1.54, 1.807) is 0 Å². The van der Waals surface area contributed by atoms with Crippen molar-refractivity contribution in [1.29, 1.82) is 0 Å². The van der Waals surface area contributed by atoms with Crippen LogP contribution in [0.3, 0.4) is 0 Å². The Bertz CT molecular complexity index is 522. The van der Waals surface area contributed by atoms with Crippen LogP contribution in [0.5, 0.6) is 0 Å². The molecule has 0 aliphatic carbocycles. The molecule has 0 aromatic heterocycles. The fourth-order valence-corrected chi connectivity index (χ4v) is 2.58. The molecule has 0 radical (unpaired) electrons. The molecule has 0 aromatic carbocycles. The average molecular weight is 340 g/mol. The van der Waals surface area contributed by atoms with Crippen molar-refractivity contribution in [3.05, 3.63) is 0 Å². The van der Waals surface area contributed by atoms with E-state index in [1.807, 2.05) is 5.32 Å². The molecule has 21 heavy (non-hydrogen) atoms. The van der Waals surface area contributed by atoms with Crippen LogP contribution in [0.25, 0.3) is 0 Å². The van der Waals surface area contributed by atoms with E-state index in [2.05, 4.69) is 21.3 Å². The van der Waals surface area contributed by atoms with Gasteiger partial charge < -0.3 is 29.3 Å². The Morgan fingerprint density at radius 2 is 2.05 bits per heavy atom.